The number of fused-ring (bicyclic) bond motifs is 3. The van der Waals surface area contributed by atoms with Crippen LogP contribution < -0.4 is 5.32 Å². The second kappa shape index (κ2) is 5.10. The molecule has 4 aromatic rings. The molecule has 0 spiro atoms. The van der Waals surface area contributed by atoms with Gasteiger partial charge in [0.15, 0.2) is 11.4 Å². The number of nitrogens with zero attached hydrogens (tertiary/aromatic N) is 2. The number of benzene rings is 2. The number of aromatic carboxylic acids is 1. The number of para-hydroxylation sites is 1. The van der Waals surface area contributed by atoms with Gasteiger partial charge in [0.25, 0.3) is 0 Å². The fourth-order valence-corrected chi connectivity index (χ4v) is 2.45. The quantitative estimate of drug-likeness (QED) is 0.598. The van der Waals surface area contributed by atoms with Crippen molar-refractivity contribution >= 4 is 39.5 Å². The smallest absolute Gasteiger partial charge is 0.335 e. The first-order chi connectivity index (χ1) is 11.2. The van der Waals surface area contributed by atoms with Crippen LogP contribution in [0.2, 0.25) is 0 Å². The Balaban J connectivity index is 1.78. The topological polar surface area (TPSA) is 88.2 Å². The number of aromatic nitrogens is 2. The van der Waals surface area contributed by atoms with Crippen molar-refractivity contribution in [2.75, 3.05) is 5.32 Å². The lowest BCUT2D eigenvalue weighted by atomic mass is 10.2. The second-order valence-corrected chi connectivity index (χ2v) is 5.01. The van der Waals surface area contributed by atoms with Crippen LogP contribution in [-0.2, 0) is 0 Å². The number of hydrogen-bond donors (Lipinski definition) is 2. The van der Waals surface area contributed by atoms with Crippen molar-refractivity contribution in [1.82, 2.24) is 9.97 Å². The molecule has 6 nitrogen and oxygen atoms in total. The Labute approximate surface area is 130 Å². The molecule has 112 valence electrons. The van der Waals surface area contributed by atoms with Crippen LogP contribution in [0.15, 0.2) is 59.3 Å². The molecule has 0 fully saturated rings. The molecule has 0 aliphatic heterocycles. The van der Waals surface area contributed by atoms with E-state index in [1.54, 1.807) is 12.1 Å². The third-order valence-corrected chi connectivity index (χ3v) is 3.55. The molecule has 0 saturated carbocycles. The average Bonchev–Trinajstić information content (AvgIpc) is 2.95. The average molecular weight is 305 g/mol. The number of furan rings is 1. The first-order valence-corrected chi connectivity index (χ1v) is 6.95. The Morgan fingerprint density at radius 2 is 1.83 bits per heavy atom. The number of carboxylic acids is 1. The molecule has 0 amide bonds. The summed E-state index contributed by atoms with van der Waals surface area (Å²) in [5.74, 6) is -0.424. The van der Waals surface area contributed by atoms with E-state index in [0.29, 0.717) is 11.4 Å². The first-order valence-electron chi connectivity index (χ1n) is 6.95. The van der Waals surface area contributed by atoms with E-state index in [0.717, 1.165) is 22.2 Å². The third-order valence-electron chi connectivity index (χ3n) is 3.55. The van der Waals surface area contributed by atoms with E-state index in [2.05, 4.69) is 15.3 Å². The lowest BCUT2D eigenvalue weighted by Crippen LogP contribution is -1.98. The molecule has 2 aromatic heterocycles. The van der Waals surface area contributed by atoms with Crippen LogP contribution in [0.1, 0.15) is 10.4 Å². The molecule has 2 N–H and O–H groups in total. The highest BCUT2D eigenvalue weighted by Crippen LogP contribution is 2.31. The van der Waals surface area contributed by atoms with E-state index >= 15 is 0 Å². The number of rotatable bonds is 3. The summed E-state index contributed by atoms with van der Waals surface area (Å²) in [6, 6.07) is 14.1. The maximum Gasteiger partial charge on any atom is 0.335 e. The van der Waals surface area contributed by atoms with Gasteiger partial charge in [0.2, 0.25) is 0 Å². The largest absolute Gasteiger partial charge is 0.478 e. The highest BCUT2D eigenvalue weighted by Gasteiger charge is 2.13. The van der Waals surface area contributed by atoms with Gasteiger partial charge in [0, 0.05) is 11.1 Å². The SMILES string of the molecule is O=C(O)c1ccc(Nc2ncnc3c2oc2ccccc23)cc1. The standard InChI is InChI=1S/C17H11N3O3/c21-17(22)10-5-7-11(8-6-10)20-16-15-14(18-9-19-16)12-3-1-2-4-13(12)23-15/h1-9H,(H,21,22)(H,18,19,20). The van der Waals surface area contributed by atoms with E-state index in [1.807, 2.05) is 24.3 Å². The fraction of sp³-hybridized carbons (Fsp3) is 0. The summed E-state index contributed by atoms with van der Waals surface area (Å²) in [4.78, 5) is 19.4. The van der Waals surface area contributed by atoms with Gasteiger partial charge < -0.3 is 14.8 Å². The van der Waals surface area contributed by atoms with Crippen LogP contribution in [0.3, 0.4) is 0 Å². The van der Waals surface area contributed by atoms with Gasteiger partial charge in [0.1, 0.15) is 17.4 Å². The molecule has 4 rings (SSSR count). The zero-order valence-electron chi connectivity index (χ0n) is 11.9. The number of nitrogens with one attached hydrogen (secondary N) is 1. The maximum absolute atomic E-state index is 10.9. The van der Waals surface area contributed by atoms with Crippen LogP contribution in [0.4, 0.5) is 11.5 Å². The minimum atomic E-state index is -0.960. The van der Waals surface area contributed by atoms with E-state index < -0.39 is 5.97 Å². The van der Waals surface area contributed by atoms with E-state index in [1.165, 1.54) is 18.5 Å². The van der Waals surface area contributed by atoms with E-state index in [-0.39, 0.29) is 5.56 Å². The van der Waals surface area contributed by atoms with Crippen LogP contribution in [-0.4, -0.2) is 21.0 Å². The lowest BCUT2D eigenvalue weighted by Gasteiger charge is -2.05. The first kappa shape index (κ1) is 13.3. The van der Waals surface area contributed by atoms with Gasteiger partial charge in [-0.25, -0.2) is 14.8 Å². The Morgan fingerprint density at radius 1 is 1.04 bits per heavy atom. The van der Waals surface area contributed by atoms with Gasteiger partial charge in [-0.15, -0.1) is 0 Å². The molecule has 0 aliphatic rings. The van der Waals surface area contributed by atoms with Crippen LogP contribution in [0.5, 0.6) is 0 Å². The van der Waals surface area contributed by atoms with E-state index in [4.69, 9.17) is 9.52 Å². The van der Waals surface area contributed by atoms with Gasteiger partial charge in [0.05, 0.1) is 5.56 Å². The minimum Gasteiger partial charge on any atom is -0.478 e. The van der Waals surface area contributed by atoms with Crippen molar-refractivity contribution in [2.24, 2.45) is 0 Å². The molecule has 2 heterocycles. The summed E-state index contributed by atoms with van der Waals surface area (Å²) < 4.78 is 5.84. The predicted molar refractivity (Wildman–Crippen MR) is 86.0 cm³/mol. The molecule has 2 aromatic carbocycles. The Hall–Kier alpha value is -3.41. The second-order valence-electron chi connectivity index (χ2n) is 5.01. The Bertz CT molecular complexity index is 1020. The Morgan fingerprint density at radius 3 is 2.61 bits per heavy atom. The summed E-state index contributed by atoms with van der Waals surface area (Å²) in [6.07, 6.45) is 1.47. The molecular formula is C17H11N3O3. The molecule has 0 bridgehead atoms. The summed E-state index contributed by atoms with van der Waals surface area (Å²) in [5, 5.41) is 13.0. The zero-order chi connectivity index (χ0) is 15.8. The normalized spacial score (nSPS) is 11.0. The number of anilines is 2. The molecular weight excluding hydrogens is 294 g/mol. The van der Waals surface area contributed by atoms with Crippen molar-refractivity contribution in [2.45, 2.75) is 0 Å². The van der Waals surface area contributed by atoms with Crippen LogP contribution in [0.25, 0.3) is 22.1 Å². The summed E-state index contributed by atoms with van der Waals surface area (Å²) >= 11 is 0. The van der Waals surface area contributed by atoms with Crippen LogP contribution in [0, 0.1) is 0 Å². The van der Waals surface area contributed by atoms with Gasteiger partial charge in [-0.3, -0.25) is 0 Å². The van der Waals surface area contributed by atoms with Crippen molar-refractivity contribution in [3.63, 3.8) is 0 Å². The molecule has 23 heavy (non-hydrogen) atoms. The summed E-state index contributed by atoms with van der Waals surface area (Å²) in [5.41, 5.74) is 2.99. The van der Waals surface area contributed by atoms with Gasteiger partial charge >= 0.3 is 5.97 Å². The monoisotopic (exact) mass is 305 g/mol. The molecule has 0 saturated heterocycles. The Kier molecular flexibility index (Phi) is 2.94. The van der Waals surface area contributed by atoms with Crippen molar-refractivity contribution in [1.29, 1.82) is 0 Å². The van der Waals surface area contributed by atoms with Crippen molar-refractivity contribution in [3.8, 4) is 0 Å². The summed E-state index contributed by atoms with van der Waals surface area (Å²) in [6.45, 7) is 0. The molecule has 0 aliphatic carbocycles. The van der Waals surface area contributed by atoms with Crippen molar-refractivity contribution < 1.29 is 14.3 Å². The highest BCUT2D eigenvalue weighted by atomic mass is 16.4. The van der Waals surface area contributed by atoms with Gasteiger partial charge in [-0.1, -0.05) is 12.1 Å². The fourth-order valence-electron chi connectivity index (χ4n) is 2.45. The molecule has 0 radical (unpaired) electrons. The lowest BCUT2D eigenvalue weighted by molar-refractivity contribution is 0.0697. The highest BCUT2D eigenvalue weighted by molar-refractivity contribution is 6.05. The van der Waals surface area contributed by atoms with Gasteiger partial charge in [-0.2, -0.15) is 0 Å². The molecule has 6 heteroatoms. The van der Waals surface area contributed by atoms with Crippen molar-refractivity contribution in [3.05, 3.63) is 60.4 Å². The number of hydrogen-bond acceptors (Lipinski definition) is 5. The van der Waals surface area contributed by atoms with Crippen LogP contribution >= 0.6 is 0 Å². The predicted octanol–water partition coefficient (Wildman–Crippen LogP) is 3.82. The van der Waals surface area contributed by atoms with E-state index in [9.17, 15) is 4.79 Å². The number of carbonyl (C=O) groups is 1. The minimum absolute atomic E-state index is 0.229. The number of carboxylic acid groups (broad SMARTS) is 1. The van der Waals surface area contributed by atoms with Gasteiger partial charge in [-0.05, 0) is 36.4 Å². The molecule has 0 atom stereocenters. The summed E-state index contributed by atoms with van der Waals surface area (Å²) in [7, 11) is 0. The third kappa shape index (κ3) is 2.26. The maximum atomic E-state index is 10.9. The molecule has 0 unspecified atom stereocenters. The zero-order valence-corrected chi connectivity index (χ0v) is 11.9.